The lowest BCUT2D eigenvalue weighted by atomic mass is 9.86. The summed E-state index contributed by atoms with van der Waals surface area (Å²) in [5.74, 6) is 0.175. The number of anilines is 1. The van der Waals surface area contributed by atoms with Crippen LogP contribution in [0.3, 0.4) is 0 Å². The molecule has 0 saturated heterocycles. The van der Waals surface area contributed by atoms with E-state index in [-0.39, 0.29) is 16.4 Å². The molecule has 0 aliphatic heterocycles. The van der Waals surface area contributed by atoms with Gasteiger partial charge in [0.25, 0.3) is 0 Å². The van der Waals surface area contributed by atoms with E-state index in [0.29, 0.717) is 36.9 Å². The molecular formula is C22H28N4O4S. The first-order valence-corrected chi connectivity index (χ1v) is 12.3. The summed E-state index contributed by atoms with van der Waals surface area (Å²) in [6.07, 6.45) is 7.95. The number of aromatic nitrogens is 2. The predicted molar refractivity (Wildman–Crippen MR) is 116 cm³/mol. The normalized spacial score (nSPS) is 15.5. The minimum absolute atomic E-state index is 0.0179. The zero-order valence-corrected chi connectivity index (χ0v) is 18.7. The van der Waals surface area contributed by atoms with Gasteiger partial charge in [0, 0.05) is 25.6 Å². The van der Waals surface area contributed by atoms with Crippen LogP contribution >= 0.6 is 0 Å². The van der Waals surface area contributed by atoms with Gasteiger partial charge in [-0.25, -0.2) is 8.42 Å². The average Bonchev–Trinajstić information content (AvgIpc) is 3.41. The van der Waals surface area contributed by atoms with E-state index < -0.39 is 15.8 Å². The number of hydrogen-bond donors (Lipinski definition) is 1. The van der Waals surface area contributed by atoms with Crippen molar-refractivity contribution in [1.82, 2.24) is 9.78 Å². The van der Waals surface area contributed by atoms with Gasteiger partial charge in [-0.05, 0) is 30.0 Å². The van der Waals surface area contributed by atoms with Crippen molar-refractivity contribution >= 4 is 21.6 Å². The Balaban J connectivity index is 1.86. The molecule has 1 aliphatic carbocycles. The van der Waals surface area contributed by atoms with Crippen LogP contribution in [0.4, 0.5) is 5.82 Å². The summed E-state index contributed by atoms with van der Waals surface area (Å²) < 4.78 is 30.7. The molecule has 8 nitrogen and oxygen atoms in total. The van der Waals surface area contributed by atoms with Gasteiger partial charge in [-0.3, -0.25) is 9.48 Å². The minimum atomic E-state index is -3.53. The fourth-order valence-corrected chi connectivity index (χ4v) is 4.92. The standard InChI is InChI=1S/C22H28N4O4S/c1-30-12-11-26-10-9-21(25-26)24-22(27)19(13-16-5-3-4-6-16)17-7-8-20(31(2,28)29)18(14-17)15-23/h7-10,14,16,19H,3-6,11-13H2,1-2H3,(H,24,25,27)/t19-/m1/s1. The molecule has 1 atom stereocenters. The molecule has 0 bridgehead atoms. The molecule has 1 saturated carbocycles. The molecule has 1 heterocycles. The van der Waals surface area contributed by atoms with Crippen LogP contribution in [0.15, 0.2) is 35.4 Å². The van der Waals surface area contributed by atoms with Crippen LogP contribution in [0.5, 0.6) is 0 Å². The largest absolute Gasteiger partial charge is 0.383 e. The number of carbonyl (C=O) groups is 1. The summed E-state index contributed by atoms with van der Waals surface area (Å²) >= 11 is 0. The second kappa shape index (κ2) is 10.1. The van der Waals surface area contributed by atoms with Crippen molar-refractivity contribution in [3.05, 3.63) is 41.6 Å². The quantitative estimate of drug-likeness (QED) is 0.636. The van der Waals surface area contributed by atoms with Crippen LogP contribution < -0.4 is 5.32 Å². The number of nitriles is 1. The highest BCUT2D eigenvalue weighted by atomic mass is 32.2. The van der Waals surface area contributed by atoms with Gasteiger partial charge in [0.2, 0.25) is 5.91 Å². The van der Waals surface area contributed by atoms with Gasteiger partial charge in [-0.1, -0.05) is 31.7 Å². The van der Waals surface area contributed by atoms with E-state index >= 15 is 0 Å². The van der Waals surface area contributed by atoms with Gasteiger partial charge in [-0.15, -0.1) is 0 Å². The molecule has 3 rings (SSSR count). The maximum Gasteiger partial charge on any atom is 0.233 e. The second-order valence-corrected chi connectivity index (χ2v) is 10.0. The topological polar surface area (TPSA) is 114 Å². The molecular weight excluding hydrogens is 416 g/mol. The number of sulfone groups is 1. The summed E-state index contributed by atoms with van der Waals surface area (Å²) in [6.45, 7) is 1.10. The zero-order valence-electron chi connectivity index (χ0n) is 17.9. The maximum absolute atomic E-state index is 13.2. The summed E-state index contributed by atoms with van der Waals surface area (Å²) in [6, 6.07) is 8.30. The fraction of sp³-hybridized carbons (Fsp3) is 0.500. The predicted octanol–water partition coefficient (Wildman–Crippen LogP) is 3.11. The van der Waals surface area contributed by atoms with E-state index in [9.17, 15) is 18.5 Å². The van der Waals surface area contributed by atoms with Crippen molar-refractivity contribution in [2.75, 3.05) is 25.3 Å². The second-order valence-electron chi connectivity index (χ2n) is 8.02. The van der Waals surface area contributed by atoms with Crippen molar-refractivity contribution < 1.29 is 17.9 Å². The van der Waals surface area contributed by atoms with Gasteiger partial charge in [-0.2, -0.15) is 10.4 Å². The maximum atomic E-state index is 13.2. The van der Waals surface area contributed by atoms with Gasteiger partial charge in [0.15, 0.2) is 15.7 Å². The number of rotatable bonds is 9. The van der Waals surface area contributed by atoms with Crippen molar-refractivity contribution in [2.24, 2.45) is 5.92 Å². The Hall–Kier alpha value is -2.70. The molecule has 31 heavy (non-hydrogen) atoms. The zero-order chi connectivity index (χ0) is 22.4. The highest BCUT2D eigenvalue weighted by Gasteiger charge is 2.28. The number of methoxy groups -OCH3 is 1. The summed E-state index contributed by atoms with van der Waals surface area (Å²) in [7, 11) is -1.91. The third-order valence-electron chi connectivity index (χ3n) is 5.70. The van der Waals surface area contributed by atoms with Crippen LogP contribution in [0, 0.1) is 17.2 Å². The first kappa shape index (κ1) is 23.0. The Bertz CT molecular complexity index is 1070. The monoisotopic (exact) mass is 444 g/mol. The summed E-state index contributed by atoms with van der Waals surface area (Å²) in [4.78, 5) is 13.2. The number of hydrogen-bond acceptors (Lipinski definition) is 6. The lowest BCUT2D eigenvalue weighted by Crippen LogP contribution is -2.24. The fourth-order valence-electron chi connectivity index (χ4n) is 4.10. The molecule has 9 heteroatoms. The molecule has 0 radical (unpaired) electrons. The van der Waals surface area contributed by atoms with Crippen LogP contribution in [0.2, 0.25) is 0 Å². The molecule has 1 aromatic carbocycles. The number of nitrogens with zero attached hydrogens (tertiary/aromatic N) is 3. The van der Waals surface area contributed by atoms with Crippen LogP contribution in [-0.2, 0) is 25.9 Å². The Labute approximate surface area is 183 Å². The van der Waals surface area contributed by atoms with E-state index in [2.05, 4.69) is 10.4 Å². The van der Waals surface area contributed by atoms with Gasteiger partial charge < -0.3 is 10.1 Å². The molecule has 1 aromatic heterocycles. The average molecular weight is 445 g/mol. The molecule has 0 unspecified atom stereocenters. The highest BCUT2D eigenvalue weighted by molar-refractivity contribution is 7.90. The molecule has 1 N–H and O–H groups in total. The van der Waals surface area contributed by atoms with E-state index in [1.807, 2.05) is 6.07 Å². The van der Waals surface area contributed by atoms with Crippen molar-refractivity contribution in [3.8, 4) is 6.07 Å². The van der Waals surface area contributed by atoms with Gasteiger partial charge in [0.05, 0.1) is 29.5 Å². The number of nitrogens with one attached hydrogen (secondary N) is 1. The van der Waals surface area contributed by atoms with Crippen LogP contribution in [0.25, 0.3) is 0 Å². The van der Waals surface area contributed by atoms with Crippen molar-refractivity contribution in [2.45, 2.75) is 49.5 Å². The third kappa shape index (κ3) is 5.93. The minimum Gasteiger partial charge on any atom is -0.383 e. The van der Waals surface area contributed by atoms with Crippen LogP contribution in [0.1, 0.15) is 49.1 Å². The van der Waals surface area contributed by atoms with E-state index in [4.69, 9.17) is 4.74 Å². The Morgan fingerprint density at radius 1 is 1.35 bits per heavy atom. The number of carbonyl (C=O) groups excluding carboxylic acids is 1. The lowest BCUT2D eigenvalue weighted by Gasteiger charge is -2.21. The van der Waals surface area contributed by atoms with Crippen LogP contribution in [-0.4, -0.2) is 44.1 Å². The SMILES string of the molecule is COCCn1ccc(NC(=O)[C@H](CC2CCCC2)c2ccc(S(C)(=O)=O)c(C#N)c2)n1. The Morgan fingerprint density at radius 3 is 2.74 bits per heavy atom. The van der Waals surface area contributed by atoms with Gasteiger partial charge in [0.1, 0.15) is 6.07 Å². The van der Waals surface area contributed by atoms with E-state index in [0.717, 1.165) is 31.9 Å². The van der Waals surface area contributed by atoms with E-state index in [1.165, 1.54) is 12.1 Å². The Kier molecular flexibility index (Phi) is 7.46. The first-order valence-electron chi connectivity index (χ1n) is 10.4. The van der Waals surface area contributed by atoms with Crippen molar-refractivity contribution in [1.29, 1.82) is 5.26 Å². The molecule has 0 spiro atoms. The smallest absolute Gasteiger partial charge is 0.233 e. The number of ether oxygens (including phenoxy) is 1. The van der Waals surface area contributed by atoms with Crippen molar-refractivity contribution in [3.63, 3.8) is 0 Å². The molecule has 1 amide bonds. The first-order chi connectivity index (χ1) is 14.8. The summed E-state index contributed by atoms with van der Waals surface area (Å²) in [5, 5.41) is 16.7. The lowest BCUT2D eigenvalue weighted by molar-refractivity contribution is -0.118. The van der Waals surface area contributed by atoms with E-state index in [1.54, 1.807) is 30.1 Å². The summed E-state index contributed by atoms with van der Waals surface area (Å²) in [5.41, 5.74) is 0.709. The third-order valence-corrected chi connectivity index (χ3v) is 6.86. The Morgan fingerprint density at radius 2 is 2.10 bits per heavy atom. The van der Waals surface area contributed by atoms with Gasteiger partial charge >= 0.3 is 0 Å². The molecule has 1 aliphatic rings. The molecule has 166 valence electrons. The molecule has 2 aromatic rings. The highest BCUT2D eigenvalue weighted by Crippen LogP contribution is 2.35. The molecule has 1 fully saturated rings. The number of amides is 1. The number of benzene rings is 1.